The Morgan fingerprint density at radius 3 is 2.78 bits per heavy atom. The van der Waals surface area contributed by atoms with Crippen LogP contribution in [0.1, 0.15) is 38.1 Å². The average molecular weight is 310 g/mol. The average Bonchev–Trinajstić information content (AvgIpc) is 3.02. The second kappa shape index (κ2) is 5.77. The molecular weight excluding hydrogens is 284 g/mol. The van der Waals surface area contributed by atoms with Gasteiger partial charge in [0.2, 0.25) is 0 Å². The van der Waals surface area contributed by atoms with Crippen molar-refractivity contribution in [3.8, 4) is 5.69 Å². The number of hydrogen-bond acceptors (Lipinski definition) is 3. The van der Waals surface area contributed by atoms with E-state index in [1.54, 1.807) is 0 Å². The maximum atomic E-state index is 4.84. The van der Waals surface area contributed by atoms with Gasteiger partial charge in [-0.15, -0.1) is 0 Å². The Kier molecular flexibility index (Phi) is 3.74. The first-order valence-electron chi connectivity index (χ1n) is 8.78. The van der Waals surface area contributed by atoms with Gasteiger partial charge in [0.15, 0.2) is 0 Å². The molecule has 0 atom stereocenters. The first-order valence-corrected chi connectivity index (χ1v) is 8.78. The second-order valence-corrected chi connectivity index (χ2v) is 7.31. The van der Waals surface area contributed by atoms with Crippen molar-refractivity contribution in [2.75, 3.05) is 19.6 Å². The molecule has 1 aromatic heterocycles. The van der Waals surface area contributed by atoms with Crippen LogP contribution in [0.15, 0.2) is 36.7 Å². The number of imidazole rings is 1. The maximum absolute atomic E-state index is 4.84. The van der Waals surface area contributed by atoms with E-state index in [0.717, 1.165) is 39.0 Å². The molecule has 1 spiro atoms. The monoisotopic (exact) mass is 310 g/mol. The minimum atomic E-state index is 0.0536. The molecule has 0 unspecified atom stereocenters. The number of nitrogens with one attached hydrogen (secondary N) is 1. The number of piperidine rings is 1. The highest BCUT2D eigenvalue weighted by Crippen LogP contribution is 2.41. The Hall–Kier alpha value is -1.65. The number of para-hydroxylation sites is 1. The fourth-order valence-electron chi connectivity index (χ4n) is 4.28. The fourth-order valence-corrected chi connectivity index (χ4v) is 4.28. The molecule has 1 saturated heterocycles. The molecular formula is C19H26N4. The largest absolute Gasteiger partial charge is 0.317 e. The molecule has 0 radical (unpaired) electrons. The molecule has 0 amide bonds. The molecule has 1 fully saturated rings. The lowest BCUT2D eigenvalue weighted by atomic mass is 9.84. The Bertz CT molecular complexity index is 682. The maximum Gasteiger partial charge on any atom is 0.133 e. The summed E-state index contributed by atoms with van der Waals surface area (Å²) < 4.78 is 2.33. The van der Waals surface area contributed by atoms with Gasteiger partial charge in [-0.1, -0.05) is 32.0 Å². The minimum absolute atomic E-state index is 0.0536. The van der Waals surface area contributed by atoms with Gasteiger partial charge in [0, 0.05) is 25.5 Å². The lowest BCUT2D eigenvalue weighted by Gasteiger charge is -2.45. The predicted molar refractivity (Wildman–Crippen MR) is 92.6 cm³/mol. The number of hydrogen-bond donors (Lipinski definition) is 1. The van der Waals surface area contributed by atoms with E-state index in [9.17, 15) is 0 Å². The van der Waals surface area contributed by atoms with Crippen LogP contribution in [0.3, 0.4) is 0 Å². The summed E-state index contributed by atoms with van der Waals surface area (Å²) in [4.78, 5) is 7.54. The van der Waals surface area contributed by atoms with E-state index in [2.05, 4.69) is 59.1 Å². The lowest BCUT2D eigenvalue weighted by Crippen LogP contribution is -2.53. The van der Waals surface area contributed by atoms with Crippen LogP contribution in [-0.4, -0.2) is 34.1 Å². The second-order valence-electron chi connectivity index (χ2n) is 7.31. The van der Waals surface area contributed by atoms with E-state index in [1.807, 2.05) is 6.20 Å². The fraction of sp³-hybridized carbons (Fsp3) is 0.526. The van der Waals surface area contributed by atoms with Crippen LogP contribution >= 0.6 is 0 Å². The van der Waals surface area contributed by atoms with Gasteiger partial charge >= 0.3 is 0 Å². The zero-order chi connectivity index (χ0) is 15.9. The van der Waals surface area contributed by atoms with Crippen LogP contribution < -0.4 is 5.32 Å². The molecule has 0 bridgehead atoms. The SMILES string of the molecule is CC(C)CN1Cc2ccccc2-n2ccnc2C12CCNCC2. The smallest absolute Gasteiger partial charge is 0.133 e. The molecule has 4 rings (SSSR count). The van der Waals surface area contributed by atoms with Crippen LogP contribution in [0.4, 0.5) is 0 Å². The molecule has 2 aliphatic heterocycles. The molecule has 4 heteroatoms. The number of aromatic nitrogens is 2. The van der Waals surface area contributed by atoms with Gasteiger partial charge in [0.1, 0.15) is 5.82 Å². The van der Waals surface area contributed by atoms with E-state index >= 15 is 0 Å². The number of benzene rings is 1. The Labute approximate surface area is 138 Å². The summed E-state index contributed by atoms with van der Waals surface area (Å²) in [6.45, 7) is 8.89. The lowest BCUT2D eigenvalue weighted by molar-refractivity contribution is 0.0296. The first-order chi connectivity index (χ1) is 11.2. The highest BCUT2D eigenvalue weighted by atomic mass is 15.3. The summed E-state index contributed by atoms with van der Waals surface area (Å²) in [5, 5.41) is 3.53. The molecule has 1 N–H and O–H groups in total. The first kappa shape index (κ1) is 14.9. The van der Waals surface area contributed by atoms with Crippen molar-refractivity contribution in [2.24, 2.45) is 5.92 Å². The van der Waals surface area contributed by atoms with Crippen molar-refractivity contribution in [1.82, 2.24) is 19.8 Å². The van der Waals surface area contributed by atoms with Crippen LogP contribution in [-0.2, 0) is 12.1 Å². The van der Waals surface area contributed by atoms with Crippen molar-refractivity contribution >= 4 is 0 Å². The third-order valence-corrected chi connectivity index (χ3v) is 5.29. The highest BCUT2D eigenvalue weighted by Gasteiger charge is 2.45. The third-order valence-electron chi connectivity index (χ3n) is 5.29. The molecule has 3 heterocycles. The van der Waals surface area contributed by atoms with Crippen molar-refractivity contribution in [3.05, 3.63) is 48.0 Å². The summed E-state index contributed by atoms with van der Waals surface area (Å²) in [7, 11) is 0. The molecule has 122 valence electrons. The minimum Gasteiger partial charge on any atom is -0.317 e. The normalized spacial score (nSPS) is 20.3. The van der Waals surface area contributed by atoms with Crippen LogP contribution in [0.5, 0.6) is 0 Å². The van der Waals surface area contributed by atoms with E-state index in [4.69, 9.17) is 4.98 Å². The zero-order valence-corrected chi connectivity index (χ0v) is 14.1. The summed E-state index contributed by atoms with van der Waals surface area (Å²) >= 11 is 0. The van der Waals surface area contributed by atoms with Crippen LogP contribution in [0, 0.1) is 5.92 Å². The molecule has 2 aromatic rings. The van der Waals surface area contributed by atoms with Crippen molar-refractivity contribution in [3.63, 3.8) is 0 Å². The van der Waals surface area contributed by atoms with Gasteiger partial charge in [-0.2, -0.15) is 0 Å². The van der Waals surface area contributed by atoms with E-state index in [0.29, 0.717) is 5.92 Å². The highest BCUT2D eigenvalue weighted by molar-refractivity contribution is 5.44. The van der Waals surface area contributed by atoms with Gasteiger partial charge in [-0.05, 0) is 43.5 Å². The summed E-state index contributed by atoms with van der Waals surface area (Å²) in [5.41, 5.74) is 2.75. The Morgan fingerprint density at radius 2 is 2.00 bits per heavy atom. The molecule has 23 heavy (non-hydrogen) atoms. The summed E-state index contributed by atoms with van der Waals surface area (Å²) in [6.07, 6.45) is 6.36. The quantitative estimate of drug-likeness (QED) is 0.926. The van der Waals surface area contributed by atoms with E-state index in [-0.39, 0.29) is 5.54 Å². The van der Waals surface area contributed by atoms with Crippen LogP contribution in [0.2, 0.25) is 0 Å². The molecule has 4 nitrogen and oxygen atoms in total. The number of nitrogens with zero attached hydrogens (tertiary/aromatic N) is 3. The summed E-state index contributed by atoms with van der Waals surface area (Å²) in [5.74, 6) is 1.88. The number of fused-ring (bicyclic) bond motifs is 4. The number of rotatable bonds is 2. The summed E-state index contributed by atoms with van der Waals surface area (Å²) in [6, 6.07) is 8.79. The van der Waals surface area contributed by atoms with Gasteiger partial charge in [-0.25, -0.2) is 4.98 Å². The van der Waals surface area contributed by atoms with Crippen molar-refractivity contribution in [1.29, 1.82) is 0 Å². The van der Waals surface area contributed by atoms with Crippen molar-refractivity contribution < 1.29 is 0 Å². The van der Waals surface area contributed by atoms with Gasteiger partial charge in [-0.3, -0.25) is 4.90 Å². The molecule has 1 aromatic carbocycles. The van der Waals surface area contributed by atoms with E-state index < -0.39 is 0 Å². The standard InChI is InChI=1S/C19H26N4/c1-15(2)13-22-14-16-5-3-4-6-17(16)23-12-11-21-18(23)19(22)7-9-20-10-8-19/h3-6,11-12,15,20H,7-10,13-14H2,1-2H3. The third kappa shape index (κ3) is 2.41. The predicted octanol–water partition coefficient (Wildman–Crippen LogP) is 2.92. The molecule has 0 aliphatic carbocycles. The molecule has 2 aliphatic rings. The Balaban J connectivity index is 1.90. The topological polar surface area (TPSA) is 33.1 Å². The van der Waals surface area contributed by atoms with Crippen LogP contribution in [0.25, 0.3) is 5.69 Å². The van der Waals surface area contributed by atoms with Gasteiger partial charge in [0.05, 0.1) is 11.2 Å². The molecule has 0 saturated carbocycles. The van der Waals surface area contributed by atoms with Gasteiger partial charge < -0.3 is 9.88 Å². The Morgan fingerprint density at radius 1 is 1.22 bits per heavy atom. The van der Waals surface area contributed by atoms with Gasteiger partial charge in [0.25, 0.3) is 0 Å². The van der Waals surface area contributed by atoms with E-state index in [1.165, 1.54) is 17.1 Å². The van der Waals surface area contributed by atoms with Crippen molar-refractivity contribution in [2.45, 2.75) is 38.8 Å². The zero-order valence-electron chi connectivity index (χ0n) is 14.1.